The first-order chi connectivity index (χ1) is 4.21. The fourth-order valence-electron chi connectivity index (χ4n) is 0.204. The van der Waals surface area contributed by atoms with Crippen molar-refractivity contribution < 1.29 is 129 Å². The molecule has 0 radical (unpaired) electrons. The van der Waals surface area contributed by atoms with Gasteiger partial charge in [-0.2, -0.15) is 0 Å². The summed E-state index contributed by atoms with van der Waals surface area (Å²) in [7, 11) is -9.17. The minimum atomic E-state index is -4.59. The van der Waals surface area contributed by atoms with Gasteiger partial charge in [-0.05, 0) is 0 Å². The van der Waals surface area contributed by atoms with Gasteiger partial charge in [-0.25, -0.2) is 16.8 Å². The maximum absolute atomic E-state index is 9.72. The molecule has 0 aliphatic carbocycles. The Morgan fingerprint density at radius 3 is 1.00 bits per heavy atom. The molecule has 0 saturated heterocycles. The van der Waals surface area contributed by atoms with Crippen molar-refractivity contribution in [3.8, 4) is 0 Å². The fraction of sp³-hybridized carbons (Fsp3) is 1.00. The summed E-state index contributed by atoms with van der Waals surface area (Å²) in [6.45, 7) is 0. The van der Waals surface area contributed by atoms with E-state index in [1.54, 1.807) is 0 Å². The van der Waals surface area contributed by atoms with Crippen molar-refractivity contribution in [3.63, 3.8) is 0 Å². The summed E-state index contributed by atoms with van der Waals surface area (Å²) >= 11 is 0. The predicted molar refractivity (Wildman–Crippen MR) is 29.1 cm³/mol. The quantitative estimate of drug-likeness (QED) is 0.370. The molecular formula is C2H4K2O6S2. The molecule has 0 fully saturated rings. The van der Waals surface area contributed by atoms with Gasteiger partial charge in [-0.1, -0.05) is 0 Å². The molecule has 0 aromatic heterocycles. The number of hydrogen-bond donors (Lipinski definition) is 0. The van der Waals surface area contributed by atoms with Gasteiger partial charge in [0.15, 0.2) is 0 Å². The average molecular weight is 266 g/mol. The van der Waals surface area contributed by atoms with Crippen molar-refractivity contribution in [1.29, 1.82) is 0 Å². The van der Waals surface area contributed by atoms with Gasteiger partial charge in [0, 0.05) is 0 Å². The van der Waals surface area contributed by atoms with Crippen molar-refractivity contribution in [3.05, 3.63) is 0 Å². The Kier molecular flexibility index (Phi) is 14.1. The summed E-state index contributed by atoms with van der Waals surface area (Å²) in [5.74, 6) is -2.31. The molecular weight excluding hydrogens is 262 g/mol. The molecule has 6 nitrogen and oxygen atoms in total. The summed E-state index contributed by atoms with van der Waals surface area (Å²) in [5.41, 5.74) is 0. The van der Waals surface area contributed by atoms with E-state index in [0.717, 1.165) is 0 Å². The molecule has 0 N–H and O–H groups in total. The van der Waals surface area contributed by atoms with E-state index >= 15 is 0 Å². The largest absolute Gasteiger partial charge is 1.00 e. The minimum absolute atomic E-state index is 0. The van der Waals surface area contributed by atoms with E-state index < -0.39 is 31.7 Å². The smallest absolute Gasteiger partial charge is 0.748 e. The molecule has 12 heavy (non-hydrogen) atoms. The van der Waals surface area contributed by atoms with Crippen LogP contribution in [0.5, 0.6) is 0 Å². The van der Waals surface area contributed by atoms with Crippen LogP contribution >= 0.6 is 0 Å². The monoisotopic (exact) mass is 266 g/mol. The molecule has 0 unspecified atom stereocenters. The van der Waals surface area contributed by atoms with Crippen LogP contribution in [0.15, 0.2) is 0 Å². The molecule has 0 bridgehead atoms. The second kappa shape index (κ2) is 8.27. The Morgan fingerprint density at radius 2 is 0.917 bits per heavy atom. The Labute approximate surface area is 156 Å². The zero-order valence-corrected chi connectivity index (χ0v) is 14.6. The third-order valence-electron chi connectivity index (χ3n) is 0.583. The maximum atomic E-state index is 9.72. The van der Waals surface area contributed by atoms with Crippen LogP contribution in [0.2, 0.25) is 0 Å². The molecule has 0 atom stereocenters. The van der Waals surface area contributed by atoms with Crippen LogP contribution < -0.4 is 103 Å². The molecule has 62 valence electrons. The van der Waals surface area contributed by atoms with Crippen LogP contribution in [0.3, 0.4) is 0 Å². The first-order valence-corrected chi connectivity index (χ1v) is 5.23. The Balaban J connectivity index is -0.000000405. The van der Waals surface area contributed by atoms with E-state index in [1.165, 1.54) is 0 Å². The molecule has 0 heterocycles. The van der Waals surface area contributed by atoms with Crippen molar-refractivity contribution in [2.24, 2.45) is 0 Å². The summed E-state index contributed by atoms with van der Waals surface area (Å²) in [4.78, 5) is 0. The van der Waals surface area contributed by atoms with Crippen LogP contribution in [-0.2, 0) is 20.2 Å². The maximum Gasteiger partial charge on any atom is 1.00 e. The molecule has 10 heteroatoms. The summed E-state index contributed by atoms with van der Waals surface area (Å²) in [6, 6.07) is 0. The van der Waals surface area contributed by atoms with Crippen LogP contribution in [0.4, 0.5) is 0 Å². The summed E-state index contributed by atoms with van der Waals surface area (Å²) in [6.07, 6.45) is 0. The van der Waals surface area contributed by atoms with Crippen LogP contribution in [-0.4, -0.2) is 37.4 Å². The van der Waals surface area contributed by atoms with Gasteiger partial charge in [-0.15, -0.1) is 0 Å². The van der Waals surface area contributed by atoms with Gasteiger partial charge in [-0.3, -0.25) is 0 Å². The van der Waals surface area contributed by atoms with Gasteiger partial charge in [0.05, 0.1) is 31.7 Å². The number of hydrogen-bond acceptors (Lipinski definition) is 6. The zero-order chi connectivity index (χ0) is 8.41. The molecule has 0 aromatic carbocycles. The van der Waals surface area contributed by atoms with E-state index in [2.05, 4.69) is 0 Å². The van der Waals surface area contributed by atoms with Crippen molar-refractivity contribution in [1.82, 2.24) is 0 Å². The standard InChI is InChI=1S/C2H6O6S2.2K/c3-9(4,5)1-2-10(6,7)8;;/h1-2H2,(H,3,4,5)(H,6,7,8);;/q;2*+1/p-2. The van der Waals surface area contributed by atoms with E-state index in [0.29, 0.717) is 0 Å². The first kappa shape index (κ1) is 20.5. The molecule has 0 aliphatic rings. The number of rotatable bonds is 3. The molecule has 0 aromatic rings. The van der Waals surface area contributed by atoms with Crippen molar-refractivity contribution in [2.75, 3.05) is 11.5 Å². The van der Waals surface area contributed by atoms with E-state index in [1.807, 2.05) is 0 Å². The van der Waals surface area contributed by atoms with Crippen LogP contribution in [0, 0.1) is 0 Å². The molecule has 0 amide bonds. The fourth-order valence-corrected chi connectivity index (χ4v) is 1.84. The van der Waals surface area contributed by atoms with Gasteiger partial charge >= 0.3 is 103 Å². The Bertz CT molecular complexity index is 258. The average Bonchev–Trinajstić information content (AvgIpc) is 1.57. The Hall–Kier alpha value is 3.09. The third-order valence-corrected chi connectivity index (χ3v) is 2.25. The molecule has 0 aliphatic heterocycles. The minimum Gasteiger partial charge on any atom is -0.748 e. The topological polar surface area (TPSA) is 114 Å². The summed E-state index contributed by atoms with van der Waals surface area (Å²) in [5, 5.41) is 0. The van der Waals surface area contributed by atoms with Gasteiger partial charge in [0.1, 0.15) is 0 Å². The second-order valence-electron chi connectivity index (χ2n) is 1.52. The molecule has 0 saturated carbocycles. The zero-order valence-electron chi connectivity index (χ0n) is 6.68. The second-order valence-corrected chi connectivity index (χ2v) is 4.57. The van der Waals surface area contributed by atoms with Gasteiger partial charge < -0.3 is 9.11 Å². The molecule has 0 spiro atoms. The van der Waals surface area contributed by atoms with E-state index in [-0.39, 0.29) is 103 Å². The summed E-state index contributed by atoms with van der Waals surface area (Å²) < 4.78 is 58.3. The predicted octanol–water partition coefficient (Wildman–Crippen LogP) is -7.92. The van der Waals surface area contributed by atoms with Crippen molar-refractivity contribution >= 4 is 20.2 Å². The van der Waals surface area contributed by atoms with Gasteiger partial charge in [0.2, 0.25) is 0 Å². The first-order valence-electron chi connectivity index (χ1n) is 2.08. The normalized spacial score (nSPS) is 11.2. The molecule has 0 rings (SSSR count). The van der Waals surface area contributed by atoms with Crippen LogP contribution in [0.25, 0.3) is 0 Å². The van der Waals surface area contributed by atoms with Crippen LogP contribution in [0.1, 0.15) is 0 Å². The van der Waals surface area contributed by atoms with Gasteiger partial charge in [0.25, 0.3) is 0 Å². The van der Waals surface area contributed by atoms with E-state index in [4.69, 9.17) is 0 Å². The Morgan fingerprint density at radius 1 is 0.750 bits per heavy atom. The van der Waals surface area contributed by atoms with Crippen molar-refractivity contribution in [2.45, 2.75) is 0 Å². The SMILES string of the molecule is O=S(=O)([O-])CCS(=O)(=O)[O-].[K+].[K+]. The third kappa shape index (κ3) is 18.8. The van der Waals surface area contributed by atoms with E-state index in [9.17, 15) is 25.9 Å².